The monoisotopic (exact) mass is 413 g/mol. The van der Waals surface area contributed by atoms with Crippen LogP contribution in [0.1, 0.15) is 107 Å². The second-order valence-electron chi connectivity index (χ2n) is 9.12. The minimum Gasteiger partial charge on any atom is -0.300 e. The van der Waals surface area contributed by atoms with E-state index >= 15 is 0 Å². The van der Waals surface area contributed by atoms with E-state index in [-0.39, 0.29) is 0 Å². The van der Waals surface area contributed by atoms with Gasteiger partial charge in [-0.15, -0.1) is 0 Å². The molecule has 0 spiro atoms. The van der Waals surface area contributed by atoms with Crippen LogP contribution in [0.25, 0.3) is 0 Å². The van der Waals surface area contributed by atoms with Crippen LogP contribution in [0.4, 0.5) is 0 Å². The highest BCUT2D eigenvalue weighted by Crippen LogP contribution is 2.14. The smallest absolute Gasteiger partial charge is 0.0165 e. The fourth-order valence-electron chi connectivity index (χ4n) is 3.40. The molecule has 1 heteroatoms. The van der Waals surface area contributed by atoms with Crippen LogP contribution in [-0.2, 0) is 0 Å². The van der Waals surface area contributed by atoms with Crippen molar-refractivity contribution in [1.82, 2.24) is 4.90 Å². The van der Waals surface area contributed by atoms with Crippen LogP contribution < -0.4 is 0 Å². The fourth-order valence-corrected chi connectivity index (χ4v) is 3.40. The van der Waals surface area contributed by atoms with Gasteiger partial charge in [-0.2, -0.15) is 0 Å². The van der Waals surface area contributed by atoms with Crippen molar-refractivity contribution in [2.45, 2.75) is 107 Å². The summed E-state index contributed by atoms with van der Waals surface area (Å²) in [5, 5.41) is 0. The third-order valence-electron chi connectivity index (χ3n) is 5.78. The Labute approximate surface area is 189 Å². The van der Waals surface area contributed by atoms with Crippen molar-refractivity contribution >= 4 is 0 Å². The fraction of sp³-hybridized carbons (Fsp3) is 0.655. The quantitative estimate of drug-likeness (QED) is 0.228. The second-order valence-corrected chi connectivity index (χ2v) is 9.12. The maximum atomic E-state index is 2.46. The van der Waals surface area contributed by atoms with Crippen molar-refractivity contribution in [3.8, 4) is 0 Å². The van der Waals surface area contributed by atoms with Gasteiger partial charge in [0.05, 0.1) is 0 Å². The molecular formula is C29H51N. The largest absolute Gasteiger partial charge is 0.300 e. The Kier molecular flexibility index (Phi) is 17.6. The lowest BCUT2D eigenvalue weighted by atomic mass is 10.0. The van der Waals surface area contributed by atoms with Crippen LogP contribution in [0.3, 0.4) is 0 Å². The first-order valence-electron chi connectivity index (χ1n) is 12.3. The Morgan fingerprint density at radius 3 is 1.17 bits per heavy atom. The van der Waals surface area contributed by atoms with E-state index in [9.17, 15) is 0 Å². The van der Waals surface area contributed by atoms with E-state index in [1.165, 1.54) is 79.2 Å². The van der Waals surface area contributed by atoms with Crippen molar-refractivity contribution in [3.05, 3.63) is 58.2 Å². The van der Waals surface area contributed by atoms with Gasteiger partial charge in [-0.25, -0.2) is 0 Å². The topological polar surface area (TPSA) is 3.24 Å². The number of nitrogens with zero attached hydrogens (tertiary/aromatic N) is 1. The normalized spacial score (nSPS) is 13.9. The summed E-state index contributed by atoms with van der Waals surface area (Å²) in [4.78, 5) is 2.46. The van der Waals surface area contributed by atoms with Crippen LogP contribution >= 0.6 is 0 Å². The van der Waals surface area contributed by atoms with Crippen LogP contribution in [-0.4, -0.2) is 24.5 Å². The molecule has 0 heterocycles. The SMILES string of the molecule is CCN(CC)CC=C(C)CCC=C(C)CCC=C(C)CCC=C(C)CCC=C(C)C. The molecule has 0 fully saturated rings. The van der Waals surface area contributed by atoms with Crippen LogP contribution in [0.15, 0.2) is 58.2 Å². The minimum atomic E-state index is 1.09. The predicted molar refractivity (Wildman–Crippen MR) is 139 cm³/mol. The molecule has 0 aromatic carbocycles. The molecule has 30 heavy (non-hydrogen) atoms. The lowest BCUT2D eigenvalue weighted by molar-refractivity contribution is 0.336. The van der Waals surface area contributed by atoms with Gasteiger partial charge < -0.3 is 4.90 Å². The van der Waals surface area contributed by atoms with E-state index in [1.807, 2.05) is 0 Å². The molecule has 0 unspecified atom stereocenters. The van der Waals surface area contributed by atoms with E-state index < -0.39 is 0 Å². The maximum Gasteiger partial charge on any atom is 0.0165 e. The minimum absolute atomic E-state index is 1.09. The third kappa shape index (κ3) is 17.5. The summed E-state index contributed by atoms with van der Waals surface area (Å²) >= 11 is 0. The highest BCUT2D eigenvalue weighted by atomic mass is 15.1. The Morgan fingerprint density at radius 1 is 0.500 bits per heavy atom. The maximum absolute atomic E-state index is 2.46. The van der Waals surface area contributed by atoms with E-state index in [4.69, 9.17) is 0 Å². The molecule has 0 bridgehead atoms. The van der Waals surface area contributed by atoms with Gasteiger partial charge in [-0.1, -0.05) is 72.1 Å². The van der Waals surface area contributed by atoms with Gasteiger partial charge in [0.15, 0.2) is 0 Å². The van der Waals surface area contributed by atoms with Crippen LogP contribution in [0.5, 0.6) is 0 Å². The molecule has 1 nitrogen and oxygen atoms in total. The first kappa shape index (κ1) is 28.7. The number of rotatable bonds is 16. The molecule has 0 aliphatic carbocycles. The van der Waals surface area contributed by atoms with E-state index in [1.54, 1.807) is 0 Å². The van der Waals surface area contributed by atoms with Gasteiger partial charge in [0.25, 0.3) is 0 Å². The summed E-state index contributed by atoms with van der Waals surface area (Å²) in [6.07, 6.45) is 21.5. The zero-order chi connectivity index (χ0) is 22.8. The average Bonchev–Trinajstić information content (AvgIpc) is 2.68. The molecule has 0 aliphatic rings. The molecule has 0 atom stereocenters. The molecule has 0 aromatic heterocycles. The molecule has 0 amide bonds. The summed E-state index contributed by atoms with van der Waals surface area (Å²) in [5.74, 6) is 0. The molecule has 0 radical (unpaired) electrons. The molecule has 0 aromatic rings. The third-order valence-corrected chi connectivity index (χ3v) is 5.78. The first-order valence-corrected chi connectivity index (χ1v) is 12.3. The summed E-state index contributed by atoms with van der Waals surface area (Å²) < 4.78 is 0. The highest BCUT2D eigenvalue weighted by Gasteiger charge is 1.97. The van der Waals surface area contributed by atoms with Crippen molar-refractivity contribution in [3.63, 3.8) is 0 Å². The second kappa shape index (κ2) is 18.4. The van der Waals surface area contributed by atoms with Gasteiger partial charge in [0, 0.05) is 6.54 Å². The van der Waals surface area contributed by atoms with Crippen LogP contribution in [0.2, 0.25) is 0 Å². The predicted octanol–water partition coefficient (Wildman–Crippen LogP) is 9.20. The van der Waals surface area contributed by atoms with Gasteiger partial charge in [-0.3, -0.25) is 0 Å². The number of hydrogen-bond donors (Lipinski definition) is 0. The zero-order valence-corrected chi connectivity index (χ0v) is 21.6. The lowest BCUT2D eigenvalue weighted by Crippen LogP contribution is -2.22. The van der Waals surface area contributed by atoms with E-state index in [2.05, 4.69) is 90.7 Å². The van der Waals surface area contributed by atoms with Crippen LogP contribution in [0, 0.1) is 0 Å². The lowest BCUT2D eigenvalue weighted by Gasteiger charge is -2.15. The summed E-state index contributed by atoms with van der Waals surface area (Å²) in [7, 11) is 0. The van der Waals surface area contributed by atoms with Crippen molar-refractivity contribution in [2.75, 3.05) is 19.6 Å². The molecule has 0 N–H and O–H groups in total. The van der Waals surface area contributed by atoms with Crippen molar-refractivity contribution < 1.29 is 0 Å². The Bertz CT molecular complexity index is 590. The van der Waals surface area contributed by atoms with Gasteiger partial charge in [0.1, 0.15) is 0 Å². The van der Waals surface area contributed by atoms with E-state index in [0.717, 1.165) is 19.6 Å². The van der Waals surface area contributed by atoms with Crippen molar-refractivity contribution in [2.24, 2.45) is 0 Å². The van der Waals surface area contributed by atoms with Gasteiger partial charge >= 0.3 is 0 Å². The Morgan fingerprint density at radius 2 is 0.833 bits per heavy atom. The van der Waals surface area contributed by atoms with Gasteiger partial charge in [0.2, 0.25) is 0 Å². The Hall–Kier alpha value is -1.34. The number of allylic oxidation sites excluding steroid dienone is 9. The highest BCUT2D eigenvalue weighted by molar-refractivity contribution is 5.08. The first-order chi connectivity index (χ1) is 14.3. The molecule has 0 saturated heterocycles. The summed E-state index contributed by atoms with van der Waals surface area (Å²) in [6, 6.07) is 0. The molecule has 0 rings (SSSR count). The van der Waals surface area contributed by atoms with Crippen molar-refractivity contribution in [1.29, 1.82) is 0 Å². The molecule has 0 aliphatic heterocycles. The standard InChI is InChI=1S/C29H51N/c1-9-30(10-2)24-23-29(8)22-14-21-28(7)20-13-19-27(6)18-12-17-26(5)16-11-15-25(3)4/h15,17,19,21,23H,9-14,16,18,20,22,24H2,1-8H3. The van der Waals surface area contributed by atoms with Gasteiger partial charge in [-0.05, 0) is 106 Å². The molecular weight excluding hydrogens is 362 g/mol. The zero-order valence-electron chi connectivity index (χ0n) is 21.6. The molecule has 172 valence electrons. The summed E-state index contributed by atoms with van der Waals surface area (Å²) in [5.41, 5.74) is 7.54. The Balaban J connectivity index is 4.11. The average molecular weight is 414 g/mol. The number of likely N-dealkylation sites (N-methyl/N-ethyl adjacent to an activating group) is 1. The number of hydrogen-bond acceptors (Lipinski definition) is 1. The van der Waals surface area contributed by atoms with E-state index in [0.29, 0.717) is 0 Å². The summed E-state index contributed by atoms with van der Waals surface area (Å²) in [6.45, 7) is 21.3. The molecule has 0 saturated carbocycles.